The third-order valence-corrected chi connectivity index (χ3v) is 11.3. The Hall–Kier alpha value is -5.19. The third-order valence-electron chi connectivity index (χ3n) is 9.27. The van der Waals surface area contributed by atoms with Crippen LogP contribution in [-0.2, 0) is 20.1 Å². The van der Waals surface area contributed by atoms with E-state index in [0.717, 1.165) is 50.2 Å². The number of nitrogens with zero attached hydrogens (tertiary/aromatic N) is 2. The van der Waals surface area contributed by atoms with Crippen LogP contribution in [0.25, 0.3) is 44.3 Å². The van der Waals surface area contributed by atoms with E-state index in [0.29, 0.717) is 0 Å². The fourth-order valence-electron chi connectivity index (χ4n) is 6.85. The van der Waals surface area contributed by atoms with E-state index < -0.39 is 8.07 Å². The minimum Gasteiger partial charge on any atom is -0.501 e. The second-order valence-electron chi connectivity index (χ2n) is 13.6. The second-order valence-corrected chi connectivity index (χ2v) is 18.6. The minimum atomic E-state index is -1.46. The van der Waals surface area contributed by atoms with Crippen LogP contribution in [0.2, 0.25) is 19.6 Å². The van der Waals surface area contributed by atoms with Crippen LogP contribution in [0.3, 0.4) is 0 Å². The molecule has 3 nitrogen and oxygen atoms in total. The topological polar surface area (TPSA) is 38.4 Å². The van der Waals surface area contributed by atoms with Crippen molar-refractivity contribution in [2.45, 2.75) is 25.6 Å². The summed E-state index contributed by atoms with van der Waals surface area (Å²) < 4.78 is 6.27. The van der Waals surface area contributed by atoms with Crippen LogP contribution in [0.15, 0.2) is 167 Å². The van der Waals surface area contributed by atoms with Gasteiger partial charge in [-0.05, 0) is 51.0 Å². The largest absolute Gasteiger partial charge is 0.501 e. The van der Waals surface area contributed by atoms with Gasteiger partial charge in [0.05, 0.1) is 19.3 Å². The van der Waals surface area contributed by atoms with Crippen molar-refractivity contribution in [1.29, 1.82) is 0 Å². The van der Waals surface area contributed by atoms with Crippen LogP contribution < -0.4 is 5.19 Å². The van der Waals surface area contributed by atoms with E-state index >= 15 is 0 Å². The van der Waals surface area contributed by atoms with Gasteiger partial charge in [-0.25, -0.2) is 0 Å². The van der Waals surface area contributed by atoms with E-state index in [1.54, 1.807) is 0 Å². The van der Waals surface area contributed by atoms with Gasteiger partial charge in [0.1, 0.15) is 5.58 Å². The van der Waals surface area contributed by atoms with Gasteiger partial charge in [0, 0.05) is 37.6 Å². The Bertz CT molecular complexity index is 2470. The number of benzene rings is 6. The zero-order valence-corrected chi connectivity index (χ0v) is 32.1. The summed E-state index contributed by atoms with van der Waals surface area (Å²) in [5, 5.41) is 3.63. The molecule has 0 saturated heterocycles. The van der Waals surface area contributed by atoms with Gasteiger partial charge in [0.25, 0.3) is 0 Å². The summed E-state index contributed by atoms with van der Waals surface area (Å²) in [6.45, 7) is 7.10. The first kappa shape index (κ1) is 34.3. The van der Waals surface area contributed by atoms with Crippen LogP contribution in [-0.4, -0.2) is 18.8 Å². The first-order chi connectivity index (χ1) is 24.5. The molecule has 0 bridgehead atoms. The number of aliphatic imine (C=N–C) groups is 1. The first-order valence-electron chi connectivity index (χ1n) is 17.0. The monoisotopic (exact) mass is 853 g/mol. The summed E-state index contributed by atoms with van der Waals surface area (Å²) in [6.07, 6.45) is 2.07. The summed E-state index contributed by atoms with van der Waals surface area (Å²) >= 11 is 0. The maximum Gasteiger partial charge on any atom is 0.120 e. The zero-order valence-electron chi connectivity index (χ0n) is 28.7. The molecule has 6 aromatic carbocycles. The summed E-state index contributed by atoms with van der Waals surface area (Å²) in [5.74, 6) is 0.0764. The standard InChI is InChI=1S/C26H16NO.C20H20NSi.Ir/c1-2-9-17(10-3-1)24-20-12-4-6-15-22(20)27-25(24)21-14-8-13-19-18-11-5-7-16-23(18)28-26(19)21;1-22(2,3)20-15-21-19(17-12-8-5-9-13-17)14-18(20)16-10-6-4-7-11-16;/h1-13,15-16,24H;4-12,14-15H,1-3H3;/q2*-1;. The molecule has 0 aliphatic carbocycles. The SMILES string of the molecule is C[Si](C)(C)c1cnc(-c2[c-]cccc2)cc1-c1ccccc1.[Ir].[c-]1ccc2c(oc3ccccc32)c1C1=Nc2ccccc2C1c1ccccc1. The van der Waals surface area contributed by atoms with Crippen molar-refractivity contribution < 1.29 is 24.5 Å². The average molecular weight is 853 g/mol. The molecule has 0 saturated carbocycles. The van der Waals surface area contributed by atoms with E-state index in [-0.39, 0.29) is 26.0 Å². The van der Waals surface area contributed by atoms with Crippen molar-refractivity contribution in [3.63, 3.8) is 0 Å². The maximum absolute atomic E-state index is 6.27. The summed E-state index contributed by atoms with van der Waals surface area (Å²) in [4.78, 5) is 9.73. The Morgan fingerprint density at radius 1 is 0.667 bits per heavy atom. The second kappa shape index (κ2) is 14.6. The van der Waals surface area contributed by atoms with E-state index in [1.807, 2.05) is 54.6 Å². The van der Waals surface area contributed by atoms with Gasteiger partial charge in [0.15, 0.2) is 0 Å². The van der Waals surface area contributed by atoms with Crippen molar-refractivity contribution in [1.82, 2.24) is 4.98 Å². The van der Waals surface area contributed by atoms with Gasteiger partial charge in [-0.15, -0.1) is 54.1 Å². The van der Waals surface area contributed by atoms with Crippen molar-refractivity contribution in [2.24, 2.45) is 4.99 Å². The van der Waals surface area contributed by atoms with E-state index in [9.17, 15) is 0 Å². The third kappa shape index (κ3) is 6.81. The zero-order chi connectivity index (χ0) is 34.1. The van der Waals surface area contributed by atoms with E-state index in [2.05, 4.69) is 135 Å². The first-order valence-corrected chi connectivity index (χ1v) is 20.5. The molecule has 0 N–H and O–H groups in total. The molecule has 251 valence electrons. The van der Waals surface area contributed by atoms with Crippen LogP contribution in [0, 0.1) is 12.1 Å². The van der Waals surface area contributed by atoms with E-state index in [4.69, 9.17) is 14.4 Å². The molecule has 1 radical (unpaired) electrons. The van der Waals surface area contributed by atoms with Gasteiger partial charge >= 0.3 is 0 Å². The fourth-order valence-corrected chi connectivity index (χ4v) is 8.32. The molecule has 2 aromatic heterocycles. The normalized spacial score (nSPS) is 13.5. The smallest absolute Gasteiger partial charge is 0.120 e. The molecule has 1 aliphatic heterocycles. The van der Waals surface area contributed by atoms with Gasteiger partial charge in [0.2, 0.25) is 0 Å². The van der Waals surface area contributed by atoms with E-state index in [1.165, 1.54) is 27.4 Å². The predicted molar refractivity (Wildman–Crippen MR) is 210 cm³/mol. The van der Waals surface area contributed by atoms with Crippen LogP contribution >= 0.6 is 0 Å². The number of hydrogen-bond donors (Lipinski definition) is 0. The summed E-state index contributed by atoms with van der Waals surface area (Å²) in [7, 11) is -1.46. The maximum atomic E-state index is 6.27. The number of para-hydroxylation sites is 2. The van der Waals surface area contributed by atoms with Gasteiger partial charge in [-0.1, -0.05) is 134 Å². The minimum absolute atomic E-state index is 0. The van der Waals surface area contributed by atoms with Gasteiger partial charge < -0.3 is 9.40 Å². The molecule has 1 atom stereocenters. The average Bonchev–Trinajstić information content (AvgIpc) is 3.75. The molecule has 0 amide bonds. The summed E-state index contributed by atoms with van der Waals surface area (Å²) in [5.41, 5.74) is 11.8. The van der Waals surface area contributed by atoms with Crippen molar-refractivity contribution in [3.8, 4) is 22.4 Å². The number of aromatic nitrogens is 1. The molecule has 9 rings (SSSR count). The molecule has 3 heterocycles. The Morgan fingerprint density at radius 2 is 1.37 bits per heavy atom. The molecule has 51 heavy (non-hydrogen) atoms. The quantitative estimate of drug-likeness (QED) is 0.128. The Morgan fingerprint density at radius 3 is 2.14 bits per heavy atom. The molecule has 0 spiro atoms. The van der Waals surface area contributed by atoms with Gasteiger partial charge in [-0.3, -0.25) is 4.99 Å². The molecule has 8 aromatic rings. The van der Waals surface area contributed by atoms with Crippen molar-refractivity contribution in [2.75, 3.05) is 0 Å². The molecule has 1 unspecified atom stereocenters. The molecule has 1 aliphatic rings. The van der Waals surface area contributed by atoms with Crippen LogP contribution in [0.1, 0.15) is 22.6 Å². The Balaban J connectivity index is 0.000000161. The number of pyridine rings is 1. The molecular weight excluding hydrogens is 817 g/mol. The summed E-state index contributed by atoms with van der Waals surface area (Å²) in [6, 6.07) is 58.7. The predicted octanol–water partition coefficient (Wildman–Crippen LogP) is 11.4. The Kier molecular flexibility index (Phi) is 9.79. The number of hydrogen-bond acceptors (Lipinski definition) is 3. The van der Waals surface area contributed by atoms with Gasteiger partial charge in [-0.2, -0.15) is 0 Å². The molecular formula is C46H36IrN2OSi-2. The Labute approximate surface area is 314 Å². The van der Waals surface area contributed by atoms with Crippen molar-refractivity contribution >= 4 is 46.6 Å². The van der Waals surface area contributed by atoms with Crippen LogP contribution in [0.4, 0.5) is 5.69 Å². The van der Waals surface area contributed by atoms with Crippen LogP contribution in [0.5, 0.6) is 0 Å². The van der Waals surface area contributed by atoms with Crippen molar-refractivity contribution in [3.05, 3.63) is 187 Å². The number of fused-ring (bicyclic) bond motifs is 4. The number of furan rings is 1. The molecule has 5 heteroatoms. The number of rotatable bonds is 5. The fraction of sp³-hybridized carbons (Fsp3) is 0.0870. The molecule has 0 fully saturated rings.